The highest BCUT2D eigenvalue weighted by Gasteiger charge is 2.35. The normalized spacial score (nSPS) is 38.2. The summed E-state index contributed by atoms with van der Waals surface area (Å²) in [7, 11) is 0. The molecule has 4 heteroatoms. The Bertz CT molecular complexity index is 550. The molecule has 0 aliphatic carbocycles. The van der Waals surface area contributed by atoms with Crippen LogP contribution >= 0.6 is 0 Å². The Balaban J connectivity index is 2.32. The fourth-order valence-corrected chi connectivity index (χ4v) is 1.70. The highest BCUT2D eigenvalue weighted by atomic mass is 16.5. The number of aryl methyl sites for hydroxylation is 1. The molecule has 2 rings (SSSR count). The molecule has 15 heavy (non-hydrogen) atoms. The van der Waals surface area contributed by atoms with Gasteiger partial charge in [-0.1, -0.05) is 6.92 Å². The summed E-state index contributed by atoms with van der Waals surface area (Å²) in [4.78, 5) is 15.6. The molecule has 0 amide bonds. The zero-order valence-electron chi connectivity index (χ0n) is 14.4. The van der Waals surface area contributed by atoms with Crippen LogP contribution in [0.15, 0.2) is 12.5 Å². The number of esters is 1. The molecule has 2 heterocycles. The monoisotopic (exact) mass is 214 g/mol. The van der Waals surface area contributed by atoms with E-state index >= 15 is 0 Å². The topological polar surface area (TPSA) is 44.1 Å². The third kappa shape index (κ3) is 1.89. The van der Waals surface area contributed by atoms with Gasteiger partial charge in [0.1, 0.15) is 0 Å². The van der Waals surface area contributed by atoms with Gasteiger partial charge < -0.3 is 9.30 Å². The van der Waals surface area contributed by atoms with Crippen LogP contribution in [0, 0.1) is 11.8 Å². The first kappa shape index (κ1) is 5.14. The second kappa shape index (κ2) is 4.04. The summed E-state index contributed by atoms with van der Waals surface area (Å²) in [5.74, 6) is -3.75. The zero-order valence-corrected chi connectivity index (χ0v) is 8.36. The maximum Gasteiger partial charge on any atom is 0.309 e. The van der Waals surface area contributed by atoms with Gasteiger partial charge in [-0.2, -0.15) is 0 Å². The molecule has 0 bridgehead atoms. The minimum atomic E-state index is -2.41. The number of nitrogens with zero attached hydrogens (tertiary/aromatic N) is 2. The van der Waals surface area contributed by atoms with Crippen molar-refractivity contribution in [2.24, 2.45) is 18.8 Å². The van der Waals surface area contributed by atoms with Crippen molar-refractivity contribution < 1.29 is 17.8 Å². The molecule has 1 aliphatic heterocycles. The number of aromatic nitrogens is 2. The first-order valence-corrected chi connectivity index (χ1v) is 4.67. The van der Waals surface area contributed by atoms with Gasteiger partial charge in [0.05, 0.1) is 18.8 Å². The lowest BCUT2D eigenvalue weighted by molar-refractivity contribution is -0.141. The highest BCUT2D eigenvalue weighted by Crippen LogP contribution is 2.27. The van der Waals surface area contributed by atoms with E-state index in [1.807, 2.05) is 0 Å². The Hall–Kier alpha value is -1.32. The van der Waals surface area contributed by atoms with Crippen molar-refractivity contribution in [3.05, 3.63) is 18.2 Å². The van der Waals surface area contributed by atoms with Crippen LogP contribution < -0.4 is 0 Å². The van der Waals surface area contributed by atoms with Crippen molar-refractivity contribution in [2.45, 2.75) is 19.7 Å². The lowest BCUT2D eigenvalue weighted by Gasteiger charge is -2.12. The summed E-state index contributed by atoms with van der Waals surface area (Å²) in [6.07, 6.45) is 0.435. The molecule has 0 unspecified atom stereocenters. The van der Waals surface area contributed by atoms with E-state index in [2.05, 4.69) is 4.98 Å². The molecule has 1 aliphatic rings. The molecular formula is C11H16N2O2. The van der Waals surface area contributed by atoms with E-state index in [1.165, 1.54) is 6.20 Å². The summed E-state index contributed by atoms with van der Waals surface area (Å²) in [6.45, 7) is -1.37. The molecule has 0 radical (unpaired) electrons. The van der Waals surface area contributed by atoms with Crippen LogP contribution in [0.5, 0.6) is 0 Å². The molecule has 0 aromatic carbocycles. The Morgan fingerprint density at radius 3 is 3.53 bits per heavy atom. The van der Waals surface area contributed by atoms with Crippen LogP contribution in [0.4, 0.5) is 0 Å². The van der Waals surface area contributed by atoms with Crippen molar-refractivity contribution in [2.75, 3.05) is 6.61 Å². The van der Waals surface area contributed by atoms with Gasteiger partial charge in [-0.15, -0.1) is 0 Å². The average molecular weight is 214 g/mol. The largest absolute Gasteiger partial charge is 0.465 e. The maximum atomic E-state index is 11.8. The highest BCUT2D eigenvalue weighted by molar-refractivity contribution is 5.74. The van der Waals surface area contributed by atoms with Gasteiger partial charge in [0.25, 0.3) is 0 Å². The van der Waals surface area contributed by atoms with Crippen LogP contribution in [0.25, 0.3) is 0 Å². The van der Waals surface area contributed by atoms with E-state index < -0.39 is 31.1 Å². The number of imidazole rings is 1. The number of hydrogen-bond donors (Lipinski definition) is 0. The molecule has 1 fully saturated rings. The molecule has 0 N–H and O–H groups in total. The lowest BCUT2D eigenvalue weighted by Crippen LogP contribution is -2.18. The van der Waals surface area contributed by atoms with E-state index in [4.69, 9.17) is 13.0 Å². The van der Waals surface area contributed by atoms with Crippen LogP contribution in [-0.2, 0) is 22.9 Å². The predicted octanol–water partition coefficient (Wildman–Crippen LogP) is 1.16. The molecule has 1 saturated heterocycles. The Morgan fingerprint density at radius 2 is 2.80 bits per heavy atom. The SMILES string of the molecule is [2H]C([2H])([2H])n1cncc1C[C@H]1COC(=O)[C@@]1([2H])C([2H])([2H])C. The first-order valence-electron chi connectivity index (χ1n) is 7.67. The predicted molar refractivity (Wildman–Crippen MR) is 55.1 cm³/mol. The summed E-state index contributed by atoms with van der Waals surface area (Å²) in [5, 5.41) is 0. The number of rotatable bonds is 3. The lowest BCUT2D eigenvalue weighted by atomic mass is 9.89. The summed E-state index contributed by atoms with van der Waals surface area (Å²) in [5.41, 5.74) is 0.319. The van der Waals surface area contributed by atoms with Crippen LogP contribution in [0.1, 0.15) is 27.2 Å². The van der Waals surface area contributed by atoms with E-state index in [-0.39, 0.29) is 13.0 Å². The molecule has 0 spiro atoms. The van der Waals surface area contributed by atoms with Crippen LogP contribution in [0.3, 0.4) is 0 Å². The third-order valence-electron chi connectivity index (χ3n) is 2.48. The van der Waals surface area contributed by atoms with Crippen molar-refractivity contribution in [1.29, 1.82) is 0 Å². The minimum Gasteiger partial charge on any atom is -0.465 e. The molecule has 2 atom stereocenters. The smallest absolute Gasteiger partial charge is 0.309 e. The quantitative estimate of drug-likeness (QED) is 0.709. The average Bonchev–Trinajstić information content (AvgIpc) is 2.88. The van der Waals surface area contributed by atoms with E-state index in [0.29, 0.717) is 5.69 Å². The second-order valence-corrected chi connectivity index (χ2v) is 3.42. The Kier molecular flexibility index (Phi) is 1.39. The molecule has 1 aromatic heterocycles. The number of carbonyl (C=O) groups excluding carboxylic acids is 1. The van der Waals surface area contributed by atoms with Gasteiger partial charge in [-0.3, -0.25) is 4.79 Å². The number of cyclic esters (lactones) is 1. The Labute approximate surface area is 97.7 Å². The number of carbonyl (C=O) groups is 1. The second-order valence-electron chi connectivity index (χ2n) is 3.42. The van der Waals surface area contributed by atoms with E-state index in [9.17, 15) is 4.79 Å². The van der Waals surface area contributed by atoms with Gasteiger partial charge in [0.15, 0.2) is 0 Å². The van der Waals surface area contributed by atoms with Gasteiger partial charge in [-0.25, -0.2) is 4.98 Å². The summed E-state index contributed by atoms with van der Waals surface area (Å²) >= 11 is 0. The van der Waals surface area contributed by atoms with Gasteiger partial charge in [0, 0.05) is 33.0 Å². The molecule has 4 nitrogen and oxygen atoms in total. The standard InChI is InChI=1S/C11H16N2O2/c1-3-10-8(6-15-11(10)14)4-9-5-12-7-13(9)2/h5,7-8,10H,3-4,6H2,1-2H3/t8-,10-/m0/s1/i2D3,3D2,10D. The van der Waals surface area contributed by atoms with Crippen LogP contribution in [-0.4, -0.2) is 22.1 Å². The van der Waals surface area contributed by atoms with E-state index in [1.54, 1.807) is 0 Å². The first-order chi connectivity index (χ1) is 9.48. The van der Waals surface area contributed by atoms with E-state index in [0.717, 1.165) is 17.8 Å². The van der Waals surface area contributed by atoms with Crippen molar-refractivity contribution >= 4 is 5.97 Å². The van der Waals surface area contributed by atoms with Gasteiger partial charge >= 0.3 is 5.97 Å². The minimum absolute atomic E-state index is 0.0288. The zero-order chi connectivity index (χ0) is 16.1. The van der Waals surface area contributed by atoms with Crippen molar-refractivity contribution in [1.82, 2.24) is 9.55 Å². The van der Waals surface area contributed by atoms with Crippen molar-refractivity contribution in [3.63, 3.8) is 0 Å². The fraction of sp³-hybridized carbons (Fsp3) is 0.636. The fourth-order valence-electron chi connectivity index (χ4n) is 1.70. The Morgan fingerprint density at radius 1 is 1.93 bits per heavy atom. The summed E-state index contributed by atoms with van der Waals surface area (Å²) < 4.78 is 51.7. The molecule has 0 saturated carbocycles. The third-order valence-corrected chi connectivity index (χ3v) is 2.48. The number of hydrogen-bond acceptors (Lipinski definition) is 3. The maximum absolute atomic E-state index is 11.8. The van der Waals surface area contributed by atoms with Gasteiger partial charge in [-0.05, 0) is 12.8 Å². The molecule has 82 valence electrons. The molecule has 1 aromatic rings. The summed E-state index contributed by atoms with van der Waals surface area (Å²) in [6, 6.07) is 0. The molecular weight excluding hydrogens is 192 g/mol. The van der Waals surface area contributed by atoms with Crippen LogP contribution in [0.2, 0.25) is 0 Å². The van der Waals surface area contributed by atoms with Crippen molar-refractivity contribution in [3.8, 4) is 0 Å². The van der Waals surface area contributed by atoms with Gasteiger partial charge in [0.2, 0.25) is 0 Å². The number of ether oxygens (including phenoxy) is 1.